The fraction of sp³-hybridized carbons (Fsp3) is 0.143. The van der Waals surface area contributed by atoms with Crippen molar-refractivity contribution in [2.24, 2.45) is 0 Å². The molecule has 0 amide bonds. The van der Waals surface area contributed by atoms with Crippen LogP contribution in [0.4, 0.5) is 0 Å². The molecule has 0 unspecified atom stereocenters. The van der Waals surface area contributed by atoms with Gasteiger partial charge in [-0.2, -0.15) is 0 Å². The number of hydrogen-bond acceptors (Lipinski definition) is 0. The molecule has 0 aromatic heterocycles. The van der Waals surface area contributed by atoms with Crippen LogP contribution in [0.3, 0.4) is 0 Å². The Balaban J connectivity index is 1.97. The van der Waals surface area contributed by atoms with Crippen LogP contribution < -0.4 is 0 Å². The maximum absolute atomic E-state index is 2.27. The van der Waals surface area contributed by atoms with E-state index in [1.54, 1.807) is 0 Å². The lowest BCUT2D eigenvalue weighted by Crippen LogP contribution is -1.83. The van der Waals surface area contributed by atoms with Crippen molar-refractivity contribution >= 4 is 0 Å². The Morgan fingerprint density at radius 2 is 1.14 bits per heavy atom. The van der Waals surface area contributed by atoms with Crippen LogP contribution in [0.1, 0.15) is 18.1 Å². The van der Waals surface area contributed by atoms with Crippen LogP contribution in [-0.4, -0.2) is 0 Å². The van der Waals surface area contributed by atoms with Crippen LogP contribution in [0.2, 0.25) is 0 Å². The minimum absolute atomic E-state index is 1.09. The fourth-order valence-corrected chi connectivity index (χ4v) is 2.56. The van der Waals surface area contributed by atoms with Gasteiger partial charge in [-0.05, 0) is 47.2 Å². The molecule has 0 aliphatic heterocycles. The zero-order valence-corrected chi connectivity index (χ0v) is 12.6. The summed E-state index contributed by atoms with van der Waals surface area (Å²) in [6.07, 6.45) is 1.09. The van der Waals surface area contributed by atoms with Gasteiger partial charge in [0.25, 0.3) is 0 Å². The number of hydrogen-bond donors (Lipinski definition) is 0. The lowest BCUT2D eigenvalue weighted by atomic mass is 9.98. The molecule has 0 N–H and O–H groups in total. The van der Waals surface area contributed by atoms with Crippen molar-refractivity contribution < 1.29 is 0 Å². The predicted molar refractivity (Wildman–Crippen MR) is 91.4 cm³/mol. The summed E-state index contributed by atoms with van der Waals surface area (Å²) < 4.78 is 0. The van der Waals surface area contributed by atoms with Gasteiger partial charge in [-0.3, -0.25) is 0 Å². The first-order valence-electron chi connectivity index (χ1n) is 7.52. The Bertz CT molecular complexity index is 719. The third-order valence-electron chi connectivity index (χ3n) is 3.94. The normalized spacial score (nSPS) is 10.6. The van der Waals surface area contributed by atoms with E-state index in [0.717, 1.165) is 6.42 Å². The number of rotatable bonds is 3. The molecule has 0 bridgehead atoms. The van der Waals surface area contributed by atoms with Gasteiger partial charge in [0, 0.05) is 0 Å². The highest BCUT2D eigenvalue weighted by molar-refractivity contribution is 5.73. The molecule has 21 heavy (non-hydrogen) atoms. The highest BCUT2D eigenvalue weighted by Crippen LogP contribution is 2.26. The van der Waals surface area contributed by atoms with Gasteiger partial charge in [0.15, 0.2) is 0 Å². The zero-order chi connectivity index (χ0) is 14.7. The quantitative estimate of drug-likeness (QED) is 0.557. The van der Waals surface area contributed by atoms with Gasteiger partial charge in [0.2, 0.25) is 0 Å². The van der Waals surface area contributed by atoms with E-state index in [2.05, 4.69) is 86.6 Å². The first-order valence-corrected chi connectivity index (χ1v) is 7.52. The Hall–Kier alpha value is -2.34. The molecule has 0 aliphatic rings. The number of aryl methyl sites for hydroxylation is 2. The largest absolute Gasteiger partial charge is 0.0613 e. The SMILES string of the molecule is CCc1ccc(-c2cccc(-c3ccc(C)cc3)c2)cc1. The van der Waals surface area contributed by atoms with Crippen molar-refractivity contribution in [1.29, 1.82) is 0 Å². The van der Waals surface area contributed by atoms with Crippen molar-refractivity contribution in [3.63, 3.8) is 0 Å². The Morgan fingerprint density at radius 1 is 0.619 bits per heavy atom. The molecule has 0 saturated heterocycles. The molecule has 0 heterocycles. The van der Waals surface area contributed by atoms with E-state index in [0.29, 0.717) is 0 Å². The molecule has 0 heteroatoms. The van der Waals surface area contributed by atoms with E-state index in [-0.39, 0.29) is 0 Å². The second-order valence-corrected chi connectivity index (χ2v) is 5.50. The Morgan fingerprint density at radius 3 is 1.67 bits per heavy atom. The average molecular weight is 272 g/mol. The van der Waals surface area contributed by atoms with Crippen molar-refractivity contribution in [3.05, 3.63) is 83.9 Å². The molecule has 0 nitrogen and oxygen atoms in total. The molecule has 0 aliphatic carbocycles. The Kier molecular flexibility index (Phi) is 3.87. The van der Waals surface area contributed by atoms with Crippen LogP contribution in [0.5, 0.6) is 0 Å². The fourth-order valence-electron chi connectivity index (χ4n) is 2.56. The number of benzene rings is 3. The molecule has 0 spiro atoms. The maximum Gasteiger partial charge on any atom is -0.0178 e. The molecule has 3 aromatic rings. The van der Waals surface area contributed by atoms with E-state index < -0.39 is 0 Å². The van der Waals surface area contributed by atoms with Gasteiger partial charge in [-0.15, -0.1) is 0 Å². The van der Waals surface area contributed by atoms with E-state index in [1.165, 1.54) is 33.4 Å². The predicted octanol–water partition coefficient (Wildman–Crippen LogP) is 5.89. The molecule has 0 atom stereocenters. The third-order valence-corrected chi connectivity index (χ3v) is 3.94. The summed E-state index contributed by atoms with van der Waals surface area (Å²) in [6, 6.07) is 26.3. The maximum atomic E-state index is 2.27. The van der Waals surface area contributed by atoms with E-state index in [9.17, 15) is 0 Å². The van der Waals surface area contributed by atoms with E-state index in [1.807, 2.05) is 0 Å². The molecule has 0 fully saturated rings. The van der Waals surface area contributed by atoms with Crippen LogP contribution in [0.25, 0.3) is 22.3 Å². The molecule has 3 aromatic carbocycles. The Labute approximate surface area is 127 Å². The van der Waals surface area contributed by atoms with Gasteiger partial charge >= 0.3 is 0 Å². The molecular formula is C21H20. The summed E-state index contributed by atoms with van der Waals surface area (Å²) >= 11 is 0. The molecule has 104 valence electrons. The minimum Gasteiger partial charge on any atom is -0.0613 e. The van der Waals surface area contributed by atoms with Crippen molar-refractivity contribution in [3.8, 4) is 22.3 Å². The van der Waals surface area contributed by atoms with Crippen LogP contribution in [0.15, 0.2) is 72.8 Å². The smallest absolute Gasteiger partial charge is 0.0178 e. The summed E-state index contributed by atoms with van der Waals surface area (Å²) in [5, 5.41) is 0. The first-order chi connectivity index (χ1) is 10.3. The van der Waals surface area contributed by atoms with Crippen molar-refractivity contribution in [2.75, 3.05) is 0 Å². The second kappa shape index (κ2) is 5.97. The topological polar surface area (TPSA) is 0 Å². The highest BCUT2D eigenvalue weighted by Gasteiger charge is 2.02. The van der Waals surface area contributed by atoms with Gasteiger partial charge in [-0.1, -0.05) is 79.2 Å². The minimum atomic E-state index is 1.09. The van der Waals surface area contributed by atoms with Crippen molar-refractivity contribution in [1.82, 2.24) is 0 Å². The van der Waals surface area contributed by atoms with Gasteiger partial charge in [0.05, 0.1) is 0 Å². The van der Waals surface area contributed by atoms with Gasteiger partial charge < -0.3 is 0 Å². The van der Waals surface area contributed by atoms with E-state index in [4.69, 9.17) is 0 Å². The lowest BCUT2D eigenvalue weighted by Gasteiger charge is -2.07. The standard InChI is InChI=1S/C21H20/c1-3-17-9-13-19(14-10-17)21-6-4-5-20(15-21)18-11-7-16(2)8-12-18/h4-15H,3H2,1-2H3. The first kappa shape index (κ1) is 13.6. The van der Waals surface area contributed by atoms with Crippen molar-refractivity contribution in [2.45, 2.75) is 20.3 Å². The average Bonchev–Trinajstić information content (AvgIpc) is 2.56. The second-order valence-electron chi connectivity index (χ2n) is 5.50. The molecule has 0 saturated carbocycles. The van der Waals surface area contributed by atoms with Gasteiger partial charge in [0.1, 0.15) is 0 Å². The third kappa shape index (κ3) is 3.05. The zero-order valence-electron chi connectivity index (χ0n) is 12.6. The van der Waals surface area contributed by atoms with Crippen LogP contribution >= 0.6 is 0 Å². The monoisotopic (exact) mass is 272 g/mol. The summed E-state index contributed by atoms with van der Waals surface area (Å²) in [5.41, 5.74) is 7.77. The highest BCUT2D eigenvalue weighted by atomic mass is 14.1. The molecule has 0 radical (unpaired) electrons. The summed E-state index contributed by atoms with van der Waals surface area (Å²) in [6.45, 7) is 4.31. The molecule has 3 rings (SSSR count). The van der Waals surface area contributed by atoms with E-state index >= 15 is 0 Å². The summed E-state index contributed by atoms with van der Waals surface area (Å²) in [5.74, 6) is 0. The van der Waals surface area contributed by atoms with Crippen LogP contribution in [0, 0.1) is 6.92 Å². The van der Waals surface area contributed by atoms with Gasteiger partial charge in [-0.25, -0.2) is 0 Å². The molecular weight excluding hydrogens is 252 g/mol. The van der Waals surface area contributed by atoms with Crippen LogP contribution in [-0.2, 0) is 6.42 Å². The lowest BCUT2D eigenvalue weighted by molar-refractivity contribution is 1.14. The summed E-state index contributed by atoms with van der Waals surface area (Å²) in [7, 11) is 0. The summed E-state index contributed by atoms with van der Waals surface area (Å²) in [4.78, 5) is 0.